The molecule has 0 radical (unpaired) electrons. The zero-order valence-corrected chi connectivity index (χ0v) is 10.3. The van der Waals surface area contributed by atoms with Gasteiger partial charge in [-0.2, -0.15) is 0 Å². The van der Waals surface area contributed by atoms with Gasteiger partial charge in [0.1, 0.15) is 11.6 Å². The monoisotopic (exact) mass is 243 g/mol. The van der Waals surface area contributed by atoms with Crippen LogP contribution in [0.3, 0.4) is 0 Å². The highest BCUT2D eigenvalue weighted by atomic mass is 19.1. The first-order chi connectivity index (χ1) is 7.94. The molecule has 1 aromatic rings. The van der Waals surface area contributed by atoms with Gasteiger partial charge in [-0.15, -0.1) is 0 Å². The lowest BCUT2D eigenvalue weighted by Gasteiger charge is -2.21. The summed E-state index contributed by atoms with van der Waals surface area (Å²) in [5.41, 5.74) is 0.321. The largest absolute Gasteiger partial charge is 0.396 e. The van der Waals surface area contributed by atoms with Crippen molar-refractivity contribution in [3.63, 3.8) is 0 Å². The van der Waals surface area contributed by atoms with E-state index in [0.717, 1.165) is 6.07 Å². The van der Waals surface area contributed by atoms with Crippen molar-refractivity contribution in [3.8, 4) is 0 Å². The zero-order chi connectivity index (χ0) is 12.9. The molecule has 96 valence electrons. The van der Waals surface area contributed by atoms with E-state index < -0.39 is 11.6 Å². The molecule has 2 nitrogen and oxygen atoms in total. The lowest BCUT2D eigenvalue weighted by Crippen LogP contribution is -2.33. The standard InChI is InChI=1S/C13H19F2NO/c1-13(2,9-17)8-16-6-5-10-3-4-11(14)7-12(10)15/h3-4,7,16-17H,5-6,8-9H2,1-2H3. The Morgan fingerprint density at radius 1 is 1.29 bits per heavy atom. The second-order valence-electron chi connectivity index (χ2n) is 4.98. The molecule has 17 heavy (non-hydrogen) atoms. The van der Waals surface area contributed by atoms with Crippen LogP contribution in [0.5, 0.6) is 0 Å². The van der Waals surface area contributed by atoms with Crippen LogP contribution >= 0.6 is 0 Å². The van der Waals surface area contributed by atoms with Crippen molar-refractivity contribution in [2.75, 3.05) is 19.7 Å². The third-order valence-electron chi connectivity index (χ3n) is 2.62. The third-order valence-corrected chi connectivity index (χ3v) is 2.62. The summed E-state index contributed by atoms with van der Waals surface area (Å²) < 4.78 is 25.9. The maximum Gasteiger partial charge on any atom is 0.129 e. The van der Waals surface area contributed by atoms with Crippen LogP contribution in [0, 0.1) is 17.0 Å². The molecule has 0 saturated carbocycles. The minimum Gasteiger partial charge on any atom is -0.396 e. The maximum atomic E-state index is 13.3. The molecule has 4 heteroatoms. The van der Waals surface area contributed by atoms with E-state index in [9.17, 15) is 8.78 Å². The normalized spacial score (nSPS) is 11.8. The van der Waals surface area contributed by atoms with Crippen LogP contribution in [0.1, 0.15) is 19.4 Å². The van der Waals surface area contributed by atoms with E-state index >= 15 is 0 Å². The van der Waals surface area contributed by atoms with E-state index in [1.54, 1.807) is 0 Å². The van der Waals surface area contributed by atoms with E-state index in [2.05, 4.69) is 5.32 Å². The van der Waals surface area contributed by atoms with Gasteiger partial charge < -0.3 is 10.4 Å². The Bertz CT molecular complexity index is 366. The molecule has 2 N–H and O–H groups in total. The number of halogens is 2. The molecule has 0 aromatic heterocycles. The molecular weight excluding hydrogens is 224 g/mol. The van der Waals surface area contributed by atoms with Crippen molar-refractivity contribution in [1.82, 2.24) is 5.32 Å². The minimum atomic E-state index is -0.555. The van der Waals surface area contributed by atoms with Gasteiger partial charge in [0.25, 0.3) is 0 Å². The van der Waals surface area contributed by atoms with Gasteiger partial charge in [0, 0.05) is 24.6 Å². The SMILES string of the molecule is CC(C)(CO)CNCCc1ccc(F)cc1F. The fraction of sp³-hybridized carbons (Fsp3) is 0.538. The zero-order valence-electron chi connectivity index (χ0n) is 10.3. The molecule has 1 aromatic carbocycles. The summed E-state index contributed by atoms with van der Waals surface area (Å²) in [6.07, 6.45) is 0.508. The van der Waals surface area contributed by atoms with Crippen LogP contribution in [0.15, 0.2) is 18.2 Å². The van der Waals surface area contributed by atoms with Gasteiger partial charge in [-0.05, 0) is 24.6 Å². The van der Waals surface area contributed by atoms with Gasteiger partial charge in [0.2, 0.25) is 0 Å². The summed E-state index contributed by atoms with van der Waals surface area (Å²) >= 11 is 0. The predicted molar refractivity (Wildman–Crippen MR) is 63.8 cm³/mol. The first-order valence-electron chi connectivity index (χ1n) is 5.70. The highest BCUT2D eigenvalue weighted by Gasteiger charge is 2.15. The van der Waals surface area contributed by atoms with Crippen molar-refractivity contribution in [1.29, 1.82) is 0 Å². The van der Waals surface area contributed by atoms with Crippen LogP contribution in [0.4, 0.5) is 8.78 Å². The van der Waals surface area contributed by atoms with Crippen LogP contribution in [-0.2, 0) is 6.42 Å². The van der Waals surface area contributed by atoms with Crippen molar-refractivity contribution in [2.24, 2.45) is 5.41 Å². The quantitative estimate of drug-likeness (QED) is 0.750. The minimum absolute atomic E-state index is 0.102. The Kier molecular flexibility index (Phi) is 5.02. The highest BCUT2D eigenvalue weighted by Crippen LogP contribution is 2.12. The van der Waals surface area contributed by atoms with Crippen LogP contribution < -0.4 is 5.32 Å². The molecule has 1 rings (SSSR count). The lowest BCUT2D eigenvalue weighted by molar-refractivity contribution is 0.157. The molecular formula is C13H19F2NO. The van der Waals surface area contributed by atoms with Crippen molar-refractivity contribution in [3.05, 3.63) is 35.4 Å². The Labute approximate surface area is 101 Å². The van der Waals surface area contributed by atoms with E-state index in [4.69, 9.17) is 5.11 Å². The molecule has 0 fully saturated rings. The molecule has 0 atom stereocenters. The first-order valence-corrected chi connectivity index (χ1v) is 5.70. The first kappa shape index (κ1) is 14.1. The van der Waals surface area contributed by atoms with Gasteiger partial charge in [-0.25, -0.2) is 8.78 Å². The summed E-state index contributed by atoms with van der Waals surface area (Å²) in [6.45, 7) is 5.25. The Hall–Kier alpha value is -1.00. The molecule has 0 aliphatic carbocycles. The number of hydrogen-bond donors (Lipinski definition) is 2. The van der Waals surface area contributed by atoms with Gasteiger partial charge in [0.05, 0.1) is 0 Å². The lowest BCUT2D eigenvalue weighted by atomic mass is 9.95. The number of rotatable bonds is 6. The summed E-state index contributed by atoms with van der Waals surface area (Å²) in [4.78, 5) is 0. The van der Waals surface area contributed by atoms with Gasteiger partial charge in [-0.1, -0.05) is 19.9 Å². The average Bonchev–Trinajstić information content (AvgIpc) is 2.27. The highest BCUT2D eigenvalue weighted by molar-refractivity contribution is 5.18. The number of hydrogen-bond acceptors (Lipinski definition) is 2. The molecule has 0 amide bonds. The van der Waals surface area contributed by atoms with Crippen molar-refractivity contribution >= 4 is 0 Å². The van der Waals surface area contributed by atoms with E-state index in [0.29, 0.717) is 25.1 Å². The van der Waals surface area contributed by atoms with Crippen molar-refractivity contribution in [2.45, 2.75) is 20.3 Å². The van der Waals surface area contributed by atoms with E-state index in [1.165, 1.54) is 12.1 Å². The number of aliphatic hydroxyl groups is 1. The molecule has 0 aliphatic rings. The molecule has 0 aliphatic heterocycles. The number of benzene rings is 1. The Morgan fingerprint density at radius 2 is 2.00 bits per heavy atom. The molecule has 0 spiro atoms. The van der Waals surface area contributed by atoms with Crippen LogP contribution in [-0.4, -0.2) is 24.8 Å². The number of nitrogens with one attached hydrogen (secondary N) is 1. The predicted octanol–water partition coefficient (Wildman–Crippen LogP) is 2.12. The molecule has 0 saturated heterocycles. The van der Waals surface area contributed by atoms with Gasteiger partial charge >= 0.3 is 0 Å². The second kappa shape index (κ2) is 6.07. The average molecular weight is 243 g/mol. The van der Waals surface area contributed by atoms with Crippen molar-refractivity contribution < 1.29 is 13.9 Å². The fourth-order valence-corrected chi connectivity index (χ4v) is 1.43. The Morgan fingerprint density at radius 3 is 2.59 bits per heavy atom. The summed E-state index contributed by atoms with van der Waals surface area (Å²) in [5, 5.41) is 12.2. The van der Waals surface area contributed by atoms with Gasteiger partial charge in [0.15, 0.2) is 0 Å². The number of aliphatic hydroxyl groups excluding tert-OH is 1. The third kappa shape index (κ3) is 4.79. The second-order valence-corrected chi connectivity index (χ2v) is 4.98. The smallest absolute Gasteiger partial charge is 0.129 e. The fourth-order valence-electron chi connectivity index (χ4n) is 1.43. The molecule has 0 unspecified atom stereocenters. The molecule has 0 bridgehead atoms. The summed E-state index contributed by atoms with van der Waals surface area (Å²) in [6, 6.07) is 3.62. The summed E-state index contributed by atoms with van der Waals surface area (Å²) in [7, 11) is 0. The van der Waals surface area contributed by atoms with Crippen LogP contribution in [0.2, 0.25) is 0 Å². The van der Waals surface area contributed by atoms with Gasteiger partial charge in [-0.3, -0.25) is 0 Å². The van der Waals surface area contributed by atoms with E-state index in [-0.39, 0.29) is 12.0 Å². The topological polar surface area (TPSA) is 32.3 Å². The Balaban J connectivity index is 2.36. The maximum absolute atomic E-state index is 13.3. The molecule has 0 heterocycles. The van der Waals surface area contributed by atoms with Crippen LogP contribution in [0.25, 0.3) is 0 Å². The van der Waals surface area contributed by atoms with E-state index in [1.807, 2.05) is 13.8 Å². The summed E-state index contributed by atoms with van der Waals surface area (Å²) in [5.74, 6) is -1.06.